The van der Waals surface area contributed by atoms with Gasteiger partial charge in [0, 0.05) is 44.4 Å². The third-order valence-corrected chi connectivity index (χ3v) is 2.48. The van der Waals surface area contributed by atoms with Crippen LogP contribution in [0.2, 0.25) is 0 Å². The molecule has 0 aromatic carbocycles. The first-order valence-corrected chi connectivity index (χ1v) is 5.20. The fourth-order valence-corrected chi connectivity index (χ4v) is 1.68. The summed E-state index contributed by atoms with van der Waals surface area (Å²) in [6, 6.07) is 2.01. The van der Waals surface area contributed by atoms with Gasteiger partial charge in [0.2, 0.25) is 0 Å². The second-order valence-corrected chi connectivity index (χ2v) is 3.79. The summed E-state index contributed by atoms with van der Waals surface area (Å²) in [5.74, 6) is 0.232. The van der Waals surface area contributed by atoms with Crippen LogP contribution in [0, 0.1) is 0 Å². The van der Waals surface area contributed by atoms with Gasteiger partial charge in [-0.2, -0.15) is 5.10 Å². The normalized spacial score (nSPS) is 15.5. The Bertz CT molecular complexity index is 392. The average Bonchev–Trinajstić information content (AvgIpc) is 2.76. The summed E-state index contributed by atoms with van der Waals surface area (Å²) in [7, 11) is 1.91. The summed E-state index contributed by atoms with van der Waals surface area (Å²) in [4.78, 5) is 11.0. The van der Waals surface area contributed by atoms with Crippen LogP contribution in [-0.2, 0) is 18.3 Å². The molecule has 0 atom stereocenters. The van der Waals surface area contributed by atoms with E-state index in [0.717, 1.165) is 30.8 Å². The van der Waals surface area contributed by atoms with Gasteiger partial charge in [-0.25, -0.2) is 0 Å². The van der Waals surface area contributed by atoms with Gasteiger partial charge in [-0.1, -0.05) is 0 Å². The first-order chi connectivity index (χ1) is 7.24. The van der Waals surface area contributed by atoms with E-state index in [2.05, 4.69) is 10.4 Å². The Labute approximate surface area is 89.0 Å². The van der Waals surface area contributed by atoms with E-state index in [1.807, 2.05) is 19.3 Å². The van der Waals surface area contributed by atoms with E-state index in [0.29, 0.717) is 6.42 Å². The van der Waals surface area contributed by atoms with Gasteiger partial charge in [-0.05, 0) is 12.5 Å². The molecular formula is C11H15N3O. The Morgan fingerprint density at radius 2 is 2.40 bits per heavy atom. The highest BCUT2D eigenvalue weighted by Gasteiger charge is 2.10. The topological polar surface area (TPSA) is 46.9 Å². The number of nitrogens with zero attached hydrogens (tertiary/aromatic N) is 2. The van der Waals surface area contributed by atoms with Crippen LogP contribution in [0.15, 0.2) is 24.0 Å². The van der Waals surface area contributed by atoms with E-state index in [-0.39, 0.29) is 5.78 Å². The molecule has 0 saturated heterocycles. The number of carbonyl (C=O) groups excluding carboxylic acids is 1. The minimum Gasteiger partial charge on any atom is -0.388 e. The molecule has 1 aliphatic rings. The Kier molecular flexibility index (Phi) is 2.85. The first kappa shape index (κ1) is 9.96. The van der Waals surface area contributed by atoms with Crippen molar-refractivity contribution < 1.29 is 4.79 Å². The SMILES string of the molecule is Cn1ccc(CCNC2=CC(=O)CC2)n1. The zero-order valence-electron chi connectivity index (χ0n) is 8.86. The van der Waals surface area contributed by atoms with Crippen molar-refractivity contribution in [2.24, 2.45) is 7.05 Å². The monoisotopic (exact) mass is 205 g/mol. The number of nitrogens with one attached hydrogen (secondary N) is 1. The summed E-state index contributed by atoms with van der Waals surface area (Å²) in [6.07, 6.45) is 6.06. The zero-order valence-corrected chi connectivity index (χ0v) is 8.86. The lowest BCUT2D eigenvalue weighted by Gasteiger charge is -2.04. The number of hydrogen-bond donors (Lipinski definition) is 1. The molecule has 1 N–H and O–H groups in total. The van der Waals surface area contributed by atoms with Crippen LogP contribution in [0.3, 0.4) is 0 Å². The predicted molar refractivity (Wildman–Crippen MR) is 57.2 cm³/mol. The van der Waals surface area contributed by atoms with Gasteiger partial charge in [0.15, 0.2) is 5.78 Å². The van der Waals surface area contributed by atoms with Crippen molar-refractivity contribution in [3.63, 3.8) is 0 Å². The maximum atomic E-state index is 11.0. The number of aromatic nitrogens is 2. The molecule has 0 saturated carbocycles. The van der Waals surface area contributed by atoms with Crippen molar-refractivity contribution in [2.75, 3.05) is 6.54 Å². The minimum absolute atomic E-state index is 0.232. The van der Waals surface area contributed by atoms with Crippen LogP contribution in [0.4, 0.5) is 0 Å². The second kappa shape index (κ2) is 4.29. The molecule has 0 unspecified atom stereocenters. The smallest absolute Gasteiger partial charge is 0.157 e. The fourth-order valence-electron chi connectivity index (χ4n) is 1.68. The van der Waals surface area contributed by atoms with E-state index < -0.39 is 0 Å². The molecule has 1 aromatic rings. The van der Waals surface area contributed by atoms with Gasteiger partial charge in [-0.15, -0.1) is 0 Å². The number of allylic oxidation sites excluding steroid dienone is 2. The molecule has 0 amide bonds. The Morgan fingerprint density at radius 1 is 1.53 bits per heavy atom. The van der Waals surface area contributed by atoms with Crippen LogP contribution in [0.5, 0.6) is 0 Å². The summed E-state index contributed by atoms with van der Waals surface area (Å²) in [5, 5.41) is 7.54. The molecule has 80 valence electrons. The standard InChI is InChI=1S/C11H15N3O/c1-14-7-5-9(13-14)4-6-12-10-2-3-11(15)8-10/h5,7-8,12H,2-4,6H2,1H3. The van der Waals surface area contributed by atoms with Crippen LogP contribution >= 0.6 is 0 Å². The van der Waals surface area contributed by atoms with Crippen LogP contribution in [0.25, 0.3) is 0 Å². The van der Waals surface area contributed by atoms with Gasteiger partial charge in [0.05, 0.1) is 5.69 Å². The fraction of sp³-hybridized carbons (Fsp3) is 0.455. The average molecular weight is 205 g/mol. The van der Waals surface area contributed by atoms with Crippen molar-refractivity contribution >= 4 is 5.78 Å². The van der Waals surface area contributed by atoms with Crippen molar-refractivity contribution in [2.45, 2.75) is 19.3 Å². The quantitative estimate of drug-likeness (QED) is 0.791. The van der Waals surface area contributed by atoms with E-state index in [1.54, 1.807) is 10.8 Å². The molecule has 15 heavy (non-hydrogen) atoms. The van der Waals surface area contributed by atoms with Crippen LogP contribution < -0.4 is 5.32 Å². The molecule has 1 aromatic heterocycles. The maximum Gasteiger partial charge on any atom is 0.157 e. The maximum absolute atomic E-state index is 11.0. The predicted octanol–water partition coefficient (Wildman–Crippen LogP) is 0.799. The van der Waals surface area contributed by atoms with Crippen LogP contribution in [0.1, 0.15) is 18.5 Å². The molecule has 0 aliphatic heterocycles. The summed E-state index contributed by atoms with van der Waals surface area (Å²) < 4.78 is 1.80. The molecule has 0 spiro atoms. The third-order valence-electron chi connectivity index (χ3n) is 2.48. The number of rotatable bonds is 4. The number of aryl methyl sites for hydroxylation is 1. The van der Waals surface area contributed by atoms with Crippen molar-refractivity contribution in [3.05, 3.63) is 29.7 Å². The zero-order chi connectivity index (χ0) is 10.7. The van der Waals surface area contributed by atoms with Gasteiger partial charge >= 0.3 is 0 Å². The highest BCUT2D eigenvalue weighted by Crippen LogP contribution is 2.11. The molecular weight excluding hydrogens is 190 g/mol. The third kappa shape index (κ3) is 2.68. The molecule has 4 heteroatoms. The summed E-state index contributed by atoms with van der Waals surface area (Å²) >= 11 is 0. The summed E-state index contributed by atoms with van der Waals surface area (Å²) in [5.41, 5.74) is 2.14. The van der Waals surface area contributed by atoms with E-state index in [1.165, 1.54) is 0 Å². The molecule has 0 fully saturated rings. The lowest BCUT2D eigenvalue weighted by molar-refractivity contribution is -0.114. The molecule has 4 nitrogen and oxygen atoms in total. The van der Waals surface area contributed by atoms with Gasteiger partial charge in [0.1, 0.15) is 0 Å². The molecule has 0 bridgehead atoms. The minimum atomic E-state index is 0.232. The van der Waals surface area contributed by atoms with E-state index >= 15 is 0 Å². The highest BCUT2D eigenvalue weighted by molar-refractivity contribution is 5.92. The van der Waals surface area contributed by atoms with Crippen molar-refractivity contribution in [3.8, 4) is 0 Å². The number of hydrogen-bond acceptors (Lipinski definition) is 3. The van der Waals surface area contributed by atoms with E-state index in [4.69, 9.17) is 0 Å². The lowest BCUT2D eigenvalue weighted by atomic mass is 10.3. The molecule has 2 rings (SSSR count). The summed E-state index contributed by atoms with van der Waals surface area (Å²) in [6.45, 7) is 0.843. The largest absolute Gasteiger partial charge is 0.388 e. The Hall–Kier alpha value is -1.58. The number of ketones is 1. The van der Waals surface area contributed by atoms with Gasteiger partial charge in [-0.3, -0.25) is 9.48 Å². The second-order valence-electron chi connectivity index (χ2n) is 3.79. The number of carbonyl (C=O) groups is 1. The Balaban J connectivity index is 1.75. The van der Waals surface area contributed by atoms with Gasteiger partial charge < -0.3 is 5.32 Å². The van der Waals surface area contributed by atoms with Gasteiger partial charge in [0.25, 0.3) is 0 Å². The van der Waals surface area contributed by atoms with Crippen molar-refractivity contribution in [1.29, 1.82) is 0 Å². The Morgan fingerprint density at radius 3 is 3.00 bits per heavy atom. The molecule has 0 radical (unpaired) electrons. The van der Waals surface area contributed by atoms with E-state index in [9.17, 15) is 4.79 Å². The molecule has 1 aliphatic carbocycles. The first-order valence-electron chi connectivity index (χ1n) is 5.20. The highest BCUT2D eigenvalue weighted by atomic mass is 16.1. The van der Waals surface area contributed by atoms with Crippen molar-refractivity contribution in [1.82, 2.24) is 15.1 Å². The van der Waals surface area contributed by atoms with Crippen LogP contribution in [-0.4, -0.2) is 22.1 Å². The molecule has 1 heterocycles. The lowest BCUT2D eigenvalue weighted by Crippen LogP contribution is -2.15.